The van der Waals surface area contributed by atoms with E-state index in [1.165, 1.54) is 24.3 Å². The van der Waals surface area contributed by atoms with Gasteiger partial charge in [0.1, 0.15) is 5.82 Å². The van der Waals surface area contributed by atoms with Gasteiger partial charge < -0.3 is 4.90 Å². The fraction of sp³-hybridized carbons (Fsp3) is 0.389. The van der Waals surface area contributed by atoms with Crippen molar-refractivity contribution in [3.05, 3.63) is 53.1 Å². The van der Waals surface area contributed by atoms with Crippen LogP contribution in [0.1, 0.15) is 26.4 Å². The van der Waals surface area contributed by atoms with Gasteiger partial charge in [-0.1, -0.05) is 0 Å². The van der Waals surface area contributed by atoms with Gasteiger partial charge >= 0.3 is 0 Å². The maximum Gasteiger partial charge on any atom is 0.274 e. The molecule has 0 aliphatic carbocycles. The first kappa shape index (κ1) is 17.3. The van der Waals surface area contributed by atoms with Crippen LogP contribution in [0.3, 0.4) is 0 Å². The number of benzene rings is 1. The van der Waals surface area contributed by atoms with Gasteiger partial charge in [-0.05, 0) is 31.2 Å². The molecule has 7 heteroatoms. The number of aromatic nitrogens is 2. The number of aryl methyl sites for hydroxylation is 2. The van der Waals surface area contributed by atoms with Crippen molar-refractivity contribution in [2.24, 2.45) is 7.05 Å². The van der Waals surface area contributed by atoms with Crippen LogP contribution in [0.2, 0.25) is 0 Å². The summed E-state index contributed by atoms with van der Waals surface area (Å²) in [5.41, 5.74) is 1.85. The molecule has 0 spiro atoms. The van der Waals surface area contributed by atoms with E-state index in [0.717, 1.165) is 5.56 Å². The summed E-state index contributed by atoms with van der Waals surface area (Å²) < 4.78 is 14.6. The molecule has 2 heterocycles. The lowest BCUT2D eigenvalue weighted by molar-refractivity contribution is 0.0618. The first-order valence-corrected chi connectivity index (χ1v) is 8.24. The fourth-order valence-electron chi connectivity index (χ4n) is 3.01. The van der Waals surface area contributed by atoms with E-state index >= 15 is 0 Å². The van der Waals surface area contributed by atoms with E-state index in [1.54, 1.807) is 16.6 Å². The molecule has 0 atom stereocenters. The van der Waals surface area contributed by atoms with Crippen molar-refractivity contribution in [2.45, 2.75) is 6.92 Å². The Labute approximate surface area is 145 Å². The molecule has 6 nitrogen and oxygen atoms in total. The molecule has 1 saturated heterocycles. The lowest BCUT2D eigenvalue weighted by Gasteiger charge is -2.34. The second-order valence-electron chi connectivity index (χ2n) is 6.33. The summed E-state index contributed by atoms with van der Waals surface area (Å²) in [5, 5.41) is 4.23. The van der Waals surface area contributed by atoms with E-state index < -0.39 is 0 Å². The normalized spacial score (nSPS) is 15.4. The number of nitrogens with zero attached hydrogens (tertiary/aromatic N) is 4. The van der Waals surface area contributed by atoms with Crippen LogP contribution in [0.25, 0.3) is 0 Å². The van der Waals surface area contributed by atoms with Crippen molar-refractivity contribution in [3.63, 3.8) is 0 Å². The Morgan fingerprint density at radius 3 is 2.32 bits per heavy atom. The zero-order valence-electron chi connectivity index (χ0n) is 14.4. The van der Waals surface area contributed by atoms with E-state index in [1.807, 2.05) is 18.0 Å². The van der Waals surface area contributed by atoms with Crippen LogP contribution < -0.4 is 0 Å². The highest BCUT2D eigenvalue weighted by Crippen LogP contribution is 2.12. The summed E-state index contributed by atoms with van der Waals surface area (Å²) in [7, 11) is 1.79. The van der Waals surface area contributed by atoms with Crippen molar-refractivity contribution in [2.75, 3.05) is 32.7 Å². The second-order valence-corrected chi connectivity index (χ2v) is 6.33. The molecule has 1 fully saturated rings. The molecular formula is C18H21FN4O2. The molecule has 1 amide bonds. The number of rotatable bonds is 4. The second kappa shape index (κ2) is 7.14. The third-order valence-corrected chi connectivity index (χ3v) is 4.41. The van der Waals surface area contributed by atoms with Gasteiger partial charge in [-0.25, -0.2) is 4.39 Å². The van der Waals surface area contributed by atoms with Crippen molar-refractivity contribution >= 4 is 11.7 Å². The lowest BCUT2D eigenvalue weighted by Crippen LogP contribution is -2.50. The number of piperazine rings is 1. The number of carbonyl (C=O) groups excluding carboxylic acids is 2. The summed E-state index contributed by atoms with van der Waals surface area (Å²) in [5.74, 6) is -0.462. The standard InChI is InChI=1S/C18H21FN4O2/c1-13-11-21(2)20-17(13)18(25)23-9-7-22(8-10-23)12-16(24)14-3-5-15(19)6-4-14/h3-6,11H,7-10,12H2,1-2H3. The highest BCUT2D eigenvalue weighted by molar-refractivity contribution is 5.97. The molecule has 0 unspecified atom stereocenters. The number of hydrogen-bond acceptors (Lipinski definition) is 4. The third kappa shape index (κ3) is 3.93. The minimum absolute atomic E-state index is 0.0413. The van der Waals surface area contributed by atoms with Crippen LogP contribution in [0.15, 0.2) is 30.5 Å². The quantitative estimate of drug-likeness (QED) is 0.789. The number of carbonyl (C=O) groups is 2. The van der Waals surface area contributed by atoms with Crippen molar-refractivity contribution in [1.29, 1.82) is 0 Å². The average molecular weight is 344 g/mol. The number of halogens is 1. The van der Waals surface area contributed by atoms with Crippen LogP contribution in [-0.4, -0.2) is 64.0 Å². The summed E-state index contributed by atoms with van der Waals surface area (Å²) in [4.78, 5) is 28.6. The Hall–Kier alpha value is -2.54. The highest BCUT2D eigenvalue weighted by atomic mass is 19.1. The smallest absolute Gasteiger partial charge is 0.274 e. The van der Waals surface area contributed by atoms with Crippen molar-refractivity contribution in [3.8, 4) is 0 Å². The van der Waals surface area contributed by atoms with Gasteiger partial charge in [0.2, 0.25) is 0 Å². The molecule has 1 aliphatic rings. The number of hydrogen-bond donors (Lipinski definition) is 0. The molecule has 132 valence electrons. The summed E-state index contributed by atoms with van der Waals surface area (Å²) >= 11 is 0. The van der Waals surface area contributed by atoms with E-state index in [2.05, 4.69) is 5.10 Å². The van der Waals surface area contributed by atoms with E-state index in [-0.39, 0.29) is 24.1 Å². The van der Waals surface area contributed by atoms with Crippen molar-refractivity contribution in [1.82, 2.24) is 19.6 Å². The van der Waals surface area contributed by atoms with Gasteiger partial charge in [-0.15, -0.1) is 0 Å². The summed E-state index contributed by atoms with van der Waals surface area (Å²) in [6.45, 7) is 4.53. The molecule has 0 radical (unpaired) electrons. The minimum Gasteiger partial charge on any atom is -0.335 e. The van der Waals surface area contributed by atoms with Gasteiger partial charge in [0.25, 0.3) is 5.91 Å². The number of amides is 1. The van der Waals surface area contributed by atoms with Gasteiger partial charge in [-0.2, -0.15) is 5.10 Å². The Bertz CT molecular complexity index is 777. The topological polar surface area (TPSA) is 58.4 Å². The fourth-order valence-corrected chi connectivity index (χ4v) is 3.01. The van der Waals surface area contributed by atoms with E-state index in [4.69, 9.17) is 0 Å². The average Bonchev–Trinajstić information content (AvgIpc) is 2.94. The maximum absolute atomic E-state index is 12.9. The van der Waals surface area contributed by atoms with Gasteiger partial charge in [-0.3, -0.25) is 19.2 Å². The molecule has 1 aliphatic heterocycles. The first-order valence-electron chi connectivity index (χ1n) is 8.24. The van der Waals surface area contributed by atoms with Crippen LogP contribution in [0.4, 0.5) is 4.39 Å². The van der Waals surface area contributed by atoms with E-state index in [0.29, 0.717) is 37.4 Å². The molecule has 0 N–H and O–H groups in total. The molecular weight excluding hydrogens is 323 g/mol. The zero-order chi connectivity index (χ0) is 18.0. The highest BCUT2D eigenvalue weighted by Gasteiger charge is 2.26. The molecule has 0 bridgehead atoms. The Morgan fingerprint density at radius 2 is 1.76 bits per heavy atom. The van der Waals surface area contributed by atoms with Crippen LogP contribution in [-0.2, 0) is 7.05 Å². The van der Waals surface area contributed by atoms with Crippen molar-refractivity contribution < 1.29 is 14.0 Å². The lowest BCUT2D eigenvalue weighted by atomic mass is 10.1. The predicted molar refractivity (Wildman–Crippen MR) is 91.0 cm³/mol. The van der Waals surface area contributed by atoms with E-state index in [9.17, 15) is 14.0 Å². The zero-order valence-corrected chi connectivity index (χ0v) is 14.4. The molecule has 0 saturated carbocycles. The largest absolute Gasteiger partial charge is 0.335 e. The predicted octanol–water partition coefficient (Wildman–Crippen LogP) is 1.51. The number of Topliss-reactive ketones (excluding diaryl/α,β-unsaturated/α-hetero) is 1. The van der Waals surface area contributed by atoms with Crippen LogP contribution in [0.5, 0.6) is 0 Å². The molecule has 2 aromatic rings. The first-order chi connectivity index (χ1) is 11.9. The number of ketones is 1. The monoisotopic (exact) mass is 344 g/mol. The van der Waals surface area contributed by atoms with Gasteiger partial charge in [0, 0.05) is 50.6 Å². The Morgan fingerprint density at radius 1 is 1.12 bits per heavy atom. The van der Waals surface area contributed by atoms with Gasteiger partial charge in [0.15, 0.2) is 11.5 Å². The molecule has 25 heavy (non-hydrogen) atoms. The molecule has 3 rings (SSSR count). The SMILES string of the molecule is Cc1cn(C)nc1C(=O)N1CCN(CC(=O)c2ccc(F)cc2)CC1. The van der Waals surface area contributed by atoms with Crippen LogP contribution in [0, 0.1) is 12.7 Å². The summed E-state index contributed by atoms with van der Waals surface area (Å²) in [6, 6.07) is 5.58. The maximum atomic E-state index is 12.9. The van der Waals surface area contributed by atoms with Gasteiger partial charge in [0.05, 0.1) is 6.54 Å². The Balaban J connectivity index is 1.55. The molecule has 1 aromatic carbocycles. The minimum atomic E-state index is -0.353. The Kier molecular flexibility index (Phi) is 4.94. The third-order valence-electron chi connectivity index (χ3n) is 4.41. The summed E-state index contributed by atoms with van der Waals surface area (Å²) in [6.07, 6.45) is 1.82. The molecule has 1 aromatic heterocycles. The van der Waals surface area contributed by atoms with Crippen LogP contribution >= 0.6 is 0 Å².